The first-order chi connectivity index (χ1) is 3.91. The van der Waals surface area contributed by atoms with Gasteiger partial charge in [-0.15, -0.1) is 0 Å². The average molecular weight is 238 g/mol. The summed E-state index contributed by atoms with van der Waals surface area (Å²) in [5, 5.41) is 0. The summed E-state index contributed by atoms with van der Waals surface area (Å²) in [6.45, 7) is 0.898. The predicted molar refractivity (Wildman–Crippen MR) is 42.6 cm³/mol. The molecule has 0 spiro atoms. The van der Waals surface area contributed by atoms with Gasteiger partial charge in [-0.1, -0.05) is 0 Å². The van der Waals surface area contributed by atoms with Gasteiger partial charge in [0.1, 0.15) is 0 Å². The Balaban J connectivity index is 2.53. The topological polar surface area (TPSA) is 26.0 Å². The van der Waals surface area contributed by atoms with Crippen molar-refractivity contribution in [3.63, 3.8) is 0 Å². The molecule has 0 fully saturated rings. The Kier molecular flexibility index (Phi) is 9.23. The Labute approximate surface area is 66.0 Å². The zero-order chi connectivity index (χ0) is 6.24. The molecule has 1 nitrogen and oxygen atoms in total. The number of thioether (sulfide) groups is 1. The fourth-order valence-electron chi connectivity index (χ4n) is 0.401. The second-order valence-electron chi connectivity index (χ2n) is 1.58. The van der Waals surface area contributed by atoms with E-state index in [4.69, 9.17) is 5.73 Å². The SMILES string of the molecule is CS[CH2][Sn+2][CH2]CCN. The molecular formula is C5H13NSSn+2. The summed E-state index contributed by atoms with van der Waals surface area (Å²) in [7, 11) is 0. The van der Waals surface area contributed by atoms with E-state index in [2.05, 4.69) is 6.26 Å². The van der Waals surface area contributed by atoms with Crippen LogP contribution >= 0.6 is 11.8 Å². The van der Waals surface area contributed by atoms with E-state index in [-0.39, 0.29) is 21.1 Å². The standard InChI is InChI=1S/C3H8N.C2H5S.Sn/c1-2-3-4;1-3-2;/h1-4H2;1H2,2H3;/q;;+2. The normalized spacial score (nSPS) is 8.75. The van der Waals surface area contributed by atoms with Gasteiger partial charge in [0.25, 0.3) is 0 Å². The monoisotopic (exact) mass is 239 g/mol. The molecule has 0 bridgehead atoms. The van der Waals surface area contributed by atoms with E-state index in [0.717, 1.165) is 6.54 Å². The van der Waals surface area contributed by atoms with E-state index in [0.29, 0.717) is 0 Å². The molecule has 0 aliphatic rings. The van der Waals surface area contributed by atoms with E-state index in [9.17, 15) is 0 Å². The molecule has 0 unspecified atom stereocenters. The van der Waals surface area contributed by atoms with Crippen molar-refractivity contribution in [2.45, 2.75) is 10.9 Å². The Morgan fingerprint density at radius 2 is 2.38 bits per heavy atom. The van der Waals surface area contributed by atoms with Crippen LogP contribution in [0.4, 0.5) is 0 Å². The van der Waals surface area contributed by atoms with Crippen LogP contribution in [-0.2, 0) is 0 Å². The zero-order valence-corrected chi connectivity index (χ0v) is 8.98. The van der Waals surface area contributed by atoms with E-state index in [1.54, 1.807) is 0 Å². The van der Waals surface area contributed by atoms with Crippen LogP contribution in [-0.4, -0.2) is 37.7 Å². The first-order valence-electron chi connectivity index (χ1n) is 2.81. The van der Waals surface area contributed by atoms with Gasteiger partial charge in [0.15, 0.2) is 0 Å². The molecule has 0 aliphatic carbocycles. The van der Waals surface area contributed by atoms with Crippen molar-refractivity contribution >= 4 is 32.9 Å². The van der Waals surface area contributed by atoms with Crippen molar-refractivity contribution in [3.05, 3.63) is 0 Å². The molecule has 0 aliphatic heterocycles. The number of rotatable bonds is 5. The van der Waals surface area contributed by atoms with Gasteiger partial charge in [-0.3, -0.25) is 0 Å². The Bertz CT molecular complexity index is 37.4. The number of hydrogen-bond acceptors (Lipinski definition) is 2. The van der Waals surface area contributed by atoms with Gasteiger partial charge in [0, 0.05) is 0 Å². The van der Waals surface area contributed by atoms with Crippen molar-refractivity contribution in [1.29, 1.82) is 0 Å². The molecule has 0 aromatic rings. The minimum absolute atomic E-state index is 0.0484. The Morgan fingerprint density at radius 1 is 1.62 bits per heavy atom. The average Bonchev–Trinajstić information content (AvgIpc) is 1.81. The molecule has 0 amide bonds. The summed E-state index contributed by atoms with van der Waals surface area (Å²) >= 11 is 2.04. The van der Waals surface area contributed by atoms with Gasteiger partial charge in [-0.2, -0.15) is 0 Å². The molecule has 0 aromatic carbocycles. The predicted octanol–water partition coefficient (Wildman–Crippen LogP) is 0.778. The van der Waals surface area contributed by atoms with Crippen LogP contribution < -0.4 is 5.73 Å². The van der Waals surface area contributed by atoms with Crippen LogP contribution in [0.3, 0.4) is 0 Å². The molecule has 3 heteroatoms. The van der Waals surface area contributed by atoms with Gasteiger partial charge in [0.2, 0.25) is 0 Å². The van der Waals surface area contributed by atoms with Crippen LogP contribution in [0.2, 0.25) is 4.44 Å². The first-order valence-corrected chi connectivity index (χ1v) is 8.24. The summed E-state index contributed by atoms with van der Waals surface area (Å²) in [6.07, 6.45) is 3.45. The van der Waals surface area contributed by atoms with Crippen LogP contribution in [0.5, 0.6) is 0 Å². The molecule has 0 heterocycles. The zero-order valence-electron chi connectivity index (χ0n) is 5.31. The van der Waals surface area contributed by atoms with Crippen molar-refractivity contribution in [2.24, 2.45) is 5.73 Å². The molecule has 8 heavy (non-hydrogen) atoms. The fourth-order valence-corrected chi connectivity index (χ4v) is 5.03. The fraction of sp³-hybridized carbons (Fsp3) is 1.00. The van der Waals surface area contributed by atoms with Gasteiger partial charge < -0.3 is 0 Å². The van der Waals surface area contributed by atoms with Crippen LogP contribution in [0, 0.1) is 0 Å². The Morgan fingerprint density at radius 3 is 2.88 bits per heavy atom. The maximum absolute atomic E-state index is 5.33. The number of nitrogens with two attached hydrogens (primary N) is 1. The van der Waals surface area contributed by atoms with Crippen molar-refractivity contribution in [2.75, 3.05) is 16.6 Å². The molecule has 0 rings (SSSR count). The maximum atomic E-state index is 5.33. The third kappa shape index (κ3) is 7.11. The molecule has 0 aromatic heterocycles. The summed E-state index contributed by atoms with van der Waals surface area (Å²) in [5.74, 6) is 0. The van der Waals surface area contributed by atoms with E-state index in [1.165, 1.54) is 14.6 Å². The second kappa shape index (κ2) is 8.11. The van der Waals surface area contributed by atoms with Crippen molar-refractivity contribution in [3.8, 4) is 0 Å². The third-order valence-electron chi connectivity index (χ3n) is 0.804. The third-order valence-corrected chi connectivity index (χ3v) is 7.53. The molecule has 0 atom stereocenters. The van der Waals surface area contributed by atoms with Crippen LogP contribution in [0.1, 0.15) is 6.42 Å². The van der Waals surface area contributed by atoms with E-state index < -0.39 is 0 Å². The summed E-state index contributed by atoms with van der Waals surface area (Å²) in [5.41, 5.74) is 5.33. The second-order valence-corrected chi connectivity index (χ2v) is 7.77. The van der Waals surface area contributed by atoms with Gasteiger partial charge in [0.05, 0.1) is 0 Å². The van der Waals surface area contributed by atoms with Crippen LogP contribution in [0.15, 0.2) is 0 Å². The quantitative estimate of drug-likeness (QED) is 0.565. The molecular weight excluding hydrogens is 225 g/mol. The van der Waals surface area contributed by atoms with Gasteiger partial charge in [-0.05, 0) is 0 Å². The van der Waals surface area contributed by atoms with Gasteiger partial charge in [-0.25, -0.2) is 0 Å². The van der Waals surface area contributed by atoms with E-state index >= 15 is 0 Å². The van der Waals surface area contributed by atoms with Crippen molar-refractivity contribution in [1.82, 2.24) is 0 Å². The molecule has 0 saturated heterocycles. The van der Waals surface area contributed by atoms with Crippen molar-refractivity contribution < 1.29 is 0 Å². The van der Waals surface area contributed by atoms with Crippen LogP contribution in [0.25, 0.3) is 0 Å². The molecule has 2 N–H and O–H groups in total. The molecule has 0 radical (unpaired) electrons. The minimum atomic E-state index is 0.0484. The summed E-state index contributed by atoms with van der Waals surface area (Å²) in [4.78, 5) is 0. The molecule has 46 valence electrons. The Hall–Kier alpha value is 1.11. The molecule has 0 saturated carbocycles. The summed E-state index contributed by atoms with van der Waals surface area (Å²) < 4.78 is 2.93. The van der Waals surface area contributed by atoms with E-state index in [1.807, 2.05) is 11.8 Å². The first kappa shape index (κ1) is 9.11. The summed E-state index contributed by atoms with van der Waals surface area (Å²) in [6, 6.07) is 0. The van der Waals surface area contributed by atoms with Gasteiger partial charge >= 0.3 is 66.1 Å². The number of hydrogen-bond donors (Lipinski definition) is 1.